The minimum atomic E-state index is 0.199. The number of hydrogen-bond acceptors (Lipinski definition) is 4. The van der Waals surface area contributed by atoms with Gasteiger partial charge in [0.2, 0.25) is 6.79 Å². The maximum absolute atomic E-state index is 10.8. The van der Waals surface area contributed by atoms with Gasteiger partial charge in [0.1, 0.15) is 5.75 Å². The second-order valence-electron chi connectivity index (χ2n) is 3.21. The number of hydrogen-bond donors (Lipinski definition) is 0. The first kappa shape index (κ1) is 9.83. The fourth-order valence-corrected chi connectivity index (χ4v) is 1.37. The predicted molar refractivity (Wildman–Crippen MR) is 53.7 cm³/mol. The topological polar surface area (TPSA) is 44.8 Å². The fourth-order valence-electron chi connectivity index (χ4n) is 1.37. The molecule has 1 aliphatic rings. The van der Waals surface area contributed by atoms with Crippen LogP contribution in [0.3, 0.4) is 0 Å². The molecule has 0 fully saturated rings. The molecule has 1 aliphatic heterocycles. The highest BCUT2D eigenvalue weighted by molar-refractivity contribution is 5.81. The summed E-state index contributed by atoms with van der Waals surface area (Å²) in [4.78, 5) is 10.8. The Hall–Kier alpha value is -1.71. The van der Waals surface area contributed by atoms with E-state index in [-0.39, 0.29) is 6.79 Å². The van der Waals surface area contributed by atoms with Crippen LogP contribution in [0, 0.1) is 0 Å². The lowest BCUT2D eigenvalue weighted by Crippen LogP contribution is -1.98. The summed E-state index contributed by atoms with van der Waals surface area (Å²) < 4.78 is 15.8. The molecular formula is C11H12O4. The van der Waals surface area contributed by atoms with E-state index in [1.165, 1.54) is 0 Å². The van der Waals surface area contributed by atoms with E-state index in [9.17, 15) is 4.79 Å². The van der Waals surface area contributed by atoms with Crippen molar-refractivity contribution in [2.75, 3.05) is 13.4 Å². The molecule has 0 aromatic heterocycles. The van der Waals surface area contributed by atoms with Gasteiger partial charge in [0, 0.05) is 6.07 Å². The zero-order chi connectivity index (χ0) is 10.7. The average Bonchev–Trinajstić information content (AvgIpc) is 2.71. The maximum atomic E-state index is 10.8. The van der Waals surface area contributed by atoms with E-state index in [1.807, 2.05) is 6.92 Å². The quantitative estimate of drug-likeness (QED) is 0.710. The van der Waals surface area contributed by atoms with Gasteiger partial charge in [-0.25, -0.2) is 0 Å². The third-order valence-corrected chi connectivity index (χ3v) is 2.09. The van der Waals surface area contributed by atoms with E-state index in [4.69, 9.17) is 14.2 Å². The number of carbonyl (C=O) groups is 1. The second kappa shape index (κ2) is 4.21. The lowest BCUT2D eigenvalue weighted by molar-refractivity contribution is 0.111. The van der Waals surface area contributed by atoms with Gasteiger partial charge in [-0.15, -0.1) is 0 Å². The van der Waals surface area contributed by atoms with Crippen LogP contribution in [0.15, 0.2) is 12.1 Å². The van der Waals surface area contributed by atoms with Crippen molar-refractivity contribution < 1.29 is 19.0 Å². The highest BCUT2D eigenvalue weighted by Gasteiger charge is 2.17. The normalized spacial score (nSPS) is 12.6. The number of ether oxygens (including phenoxy) is 3. The first-order valence-electron chi connectivity index (χ1n) is 4.86. The van der Waals surface area contributed by atoms with Crippen molar-refractivity contribution in [1.29, 1.82) is 0 Å². The number of rotatable bonds is 4. The molecule has 4 nitrogen and oxygen atoms in total. The molecule has 0 radical (unpaired) electrons. The number of fused-ring (bicyclic) bond motifs is 1. The van der Waals surface area contributed by atoms with E-state index in [0.29, 0.717) is 29.4 Å². The van der Waals surface area contributed by atoms with Crippen molar-refractivity contribution in [2.45, 2.75) is 13.3 Å². The van der Waals surface area contributed by atoms with Gasteiger partial charge in [0.15, 0.2) is 17.8 Å². The van der Waals surface area contributed by atoms with E-state index >= 15 is 0 Å². The van der Waals surface area contributed by atoms with Gasteiger partial charge in [-0.2, -0.15) is 0 Å². The summed E-state index contributed by atoms with van der Waals surface area (Å²) in [7, 11) is 0. The van der Waals surface area contributed by atoms with Crippen molar-refractivity contribution in [3.8, 4) is 17.2 Å². The smallest absolute Gasteiger partial charge is 0.231 e. The number of benzene rings is 1. The molecule has 0 unspecified atom stereocenters. The van der Waals surface area contributed by atoms with Crippen LogP contribution in [0.2, 0.25) is 0 Å². The van der Waals surface area contributed by atoms with Gasteiger partial charge < -0.3 is 14.2 Å². The van der Waals surface area contributed by atoms with Crippen molar-refractivity contribution in [3.63, 3.8) is 0 Å². The van der Waals surface area contributed by atoms with Crippen LogP contribution in [0.1, 0.15) is 23.7 Å². The molecule has 2 rings (SSSR count). The van der Waals surface area contributed by atoms with Gasteiger partial charge in [-0.3, -0.25) is 4.79 Å². The van der Waals surface area contributed by atoms with Crippen molar-refractivity contribution in [1.82, 2.24) is 0 Å². The van der Waals surface area contributed by atoms with E-state index in [2.05, 4.69) is 0 Å². The minimum absolute atomic E-state index is 0.199. The van der Waals surface area contributed by atoms with Crippen LogP contribution < -0.4 is 14.2 Å². The second-order valence-corrected chi connectivity index (χ2v) is 3.21. The van der Waals surface area contributed by atoms with E-state index < -0.39 is 0 Å². The summed E-state index contributed by atoms with van der Waals surface area (Å²) in [6.07, 6.45) is 1.65. The highest BCUT2D eigenvalue weighted by atomic mass is 16.7. The molecule has 0 saturated carbocycles. The van der Waals surface area contributed by atoms with Gasteiger partial charge in [-0.1, -0.05) is 6.92 Å². The molecule has 1 aromatic rings. The van der Waals surface area contributed by atoms with Gasteiger partial charge in [0.25, 0.3) is 0 Å². The molecule has 0 N–H and O–H groups in total. The molecule has 4 heteroatoms. The average molecular weight is 208 g/mol. The molecule has 0 aliphatic carbocycles. The summed E-state index contributed by atoms with van der Waals surface area (Å²) in [5, 5.41) is 0. The first-order chi connectivity index (χ1) is 7.35. The summed E-state index contributed by atoms with van der Waals surface area (Å²) >= 11 is 0. The first-order valence-corrected chi connectivity index (χ1v) is 4.86. The van der Waals surface area contributed by atoms with Crippen LogP contribution in [-0.4, -0.2) is 19.7 Å². The zero-order valence-corrected chi connectivity index (χ0v) is 8.49. The standard InChI is InChI=1S/C11H12O4/c1-2-3-13-9-5-11-10(14-7-15-11)4-8(9)6-12/h4-6H,2-3,7H2,1H3. The van der Waals surface area contributed by atoms with Crippen LogP contribution in [0.25, 0.3) is 0 Å². The van der Waals surface area contributed by atoms with Gasteiger partial charge >= 0.3 is 0 Å². The lowest BCUT2D eigenvalue weighted by atomic mass is 10.2. The van der Waals surface area contributed by atoms with Crippen molar-refractivity contribution >= 4 is 6.29 Å². The Morgan fingerprint density at radius 2 is 2.13 bits per heavy atom. The molecule has 80 valence electrons. The Balaban J connectivity index is 2.31. The van der Waals surface area contributed by atoms with Crippen molar-refractivity contribution in [2.24, 2.45) is 0 Å². The predicted octanol–water partition coefficient (Wildman–Crippen LogP) is 2.02. The fraction of sp³-hybridized carbons (Fsp3) is 0.364. The van der Waals surface area contributed by atoms with E-state index in [1.54, 1.807) is 12.1 Å². The Bertz CT molecular complexity index is 373. The Morgan fingerprint density at radius 1 is 1.40 bits per heavy atom. The molecule has 0 bridgehead atoms. The molecule has 0 atom stereocenters. The largest absolute Gasteiger partial charge is 0.493 e. The molecule has 0 spiro atoms. The van der Waals surface area contributed by atoms with Gasteiger partial charge in [-0.05, 0) is 12.5 Å². The molecule has 0 saturated heterocycles. The molecule has 15 heavy (non-hydrogen) atoms. The van der Waals surface area contributed by atoms with E-state index in [0.717, 1.165) is 12.7 Å². The van der Waals surface area contributed by atoms with Gasteiger partial charge in [0.05, 0.1) is 12.2 Å². The van der Waals surface area contributed by atoms with Crippen LogP contribution in [0.4, 0.5) is 0 Å². The Kier molecular flexibility index (Phi) is 2.76. The van der Waals surface area contributed by atoms with Crippen molar-refractivity contribution in [3.05, 3.63) is 17.7 Å². The van der Waals surface area contributed by atoms with Crippen LogP contribution >= 0.6 is 0 Å². The highest BCUT2D eigenvalue weighted by Crippen LogP contribution is 2.37. The monoisotopic (exact) mass is 208 g/mol. The lowest BCUT2D eigenvalue weighted by Gasteiger charge is -2.07. The Labute approximate surface area is 87.8 Å². The molecule has 1 aromatic carbocycles. The Morgan fingerprint density at radius 3 is 2.80 bits per heavy atom. The SMILES string of the molecule is CCCOc1cc2c(cc1C=O)OCO2. The molecule has 1 heterocycles. The van der Waals surface area contributed by atoms with Crippen LogP contribution in [0.5, 0.6) is 17.2 Å². The third-order valence-electron chi connectivity index (χ3n) is 2.09. The minimum Gasteiger partial charge on any atom is -0.493 e. The summed E-state index contributed by atoms with van der Waals surface area (Å²) in [6.45, 7) is 2.79. The van der Waals surface area contributed by atoms with Crippen LogP contribution in [-0.2, 0) is 0 Å². The third kappa shape index (κ3) is 1.88. The zero-order valence-electron chi connectivity index (χ0n) is 8.49. The molecule has 0 amide bonds. The maximum Gasteiger partial charge on any atom is 0.231 e. The summed E-state index contributed by atoms with van der Waals surface area (Å²) in [6, 6.07) is 3.34. The number of carbonyl (C=O) groups excluding carboxylic acids is 1. The summed E-state index contributed by atoms with van der Waals surface area (Å²) in [5.41, 5.74) is 0.493. The summed E-state index contributed by atoms with van der Waals surface area (Å²) in [5.74, 6) is 1.78. The number of aldehydes is 1. The molecular weight excluding hydrogens is 196 g/mol.